The molecule has 0 amide bonds. The van der Waals surface area contributed by atoms with Crippen LogP contribution in [0, 0.1) is 12.8 Å². The third kappa shape index (κ3) is 3.71. The predicted molar refractivity (Wildman–Crippen MR) is 75.0 cm³/mol. The molecule has 5 heteroatoms. The number of aryl methyl sites for hydroxylation is 1. The molecular formula is C15H21NO4. The van der Waals surface area contributed by atoms with Gasteiger partial charge in [-0.2, -0.15) is 0 Å². The zero-order valence-electron chi connectivity index (χ0n) is 11.9. The normalized spacial score (nSPS) is 22.1. The second-order valence-electron chi connectivity index (χ2n) is 5.19. The fourth-order valence-electron chi connectivity index (χ4n) is 2.32. The topological polar surface area (TPSA) is 59.0 Å². The van der Waals surface area contributed by atoms with Gasteiger partial charge in [0.2, 0.25) is 0 Å². The number of carboxylic acid groups (broad SMARTS) is 1. The lowest BCUT2D eigenvalue weighted by Gasteiger charge is -2.25. The zero-order chi connectivity index (χ0) is 14.5. The minimum Gasteiger partial charge on any atom is -0.492 e. The lowest BCUT2D eigenvalue weighted by Crippen LogP contribution is -2.42. The molecule has 0 bridgehead atoms. The Morgan fingerprint density at radius 2 is 2.10 bits per heavy atom. The van der Waals surface area contributed by atoms with Crippen molar-refractivity contribution in [3.63, 3.8) is 0 Å². The van der Waals surface area contributed by atoms with Crippen molar-refractivity contribution < 1.29 is 19.4 Å². The molecule has 20 heavy (non-hydrogen) atoms. The molecule has 1 heterocycles. The number of hydrogen-bond donors (Lipinski definition) is 1. The highest BCUT2D eigenvalue weighted by Gasteiger charge is 2.36. The van der Waals surface area contributed by atoms with E-state index < -0.39 is 11.9 Å². The summed E-state index contributed by atoms with van der Waals surface area (Å²) in [6.07, 6.45) is 0. The van der Waals surface area contributed by atoms with E-state index in [2.05, 4.69) is 0 Å². The highest BCUT2D eigenvalue weighted by atomic mass is 16.5. The lowest BCUT2D eigenvalue weighted by molar-refractivity contribution is -0.143. The zero-order valence-corrected chi connectivity index (χ0v) is 11.9. The number of carbonyl (C=O) groups is 1. The number of hydrogen-bond acceptors (Lipinski definition) is 4. The van der Waals surface area contributed by atoms with Gasteiger partial charge in [0.25, 0.3) is 0 Å². The summed E-state index contributed by atoms with van der Waals surface area (Å²) in [5.41, 5.74) is 1.20. The number of ether oxygens (including phenoxy) is 2. The third-order valence-electron chi connectivity index (χ3n) is 3.67. The van der Waals surface area contributed by atoms with E-state index in [-0.39, 0.29) is 6.04 Å². The highest BCUT2D eigenvalue weighted by molar-refractivity contribution is 5.71. The van der Waals surface area contributed by atoms with Crippen LogP contribution in [0.3, 0.4) is 0 Å². The second kappa shape index (κ2) is 6.72. The van der Waals surface area contributed by atoms with Gasteiger partial charge < -0.3 is 14.6 Å². The van der Waals surface area contributed by atoms with Crippen LogP contribution in [0.1, 0.15) is 5.56 Å². The van der Waals surface area contributed by atoms with Gasteiger partial charge >= 0.3 is 5.97 Å². The Balaban J connectivity index is 1.78. The minimum absolute atomic E-state index is 0.0749. The summed E-state index contributed by atoms with van der Waals surface area (Å²) in [5, 5.41) is 9.12. The molecule has 5 nitrogen and oxygen atoms in total. The van der Waals surface area contributed by atoms with Gasteiger partial charge in [0.05, 0.1) is 19.1 Å². The fraction of sp³-hybridized carbons (Fsp3) is 0.533. The smallest absolute Gasteiger partial charge is 0.310 e. The molecule has 2 atom stereocenters. The van der Waals surface area contributed by atoms with Gasteiger partial charge in [0, 0.05) is 12.6 Å². The van der Waals surface area contributed by atoms with E-state index in [1.807, 2.05) is 43.1 Å². The summed E-state index contributed by atoms with van der Waals surface area (Å²) in [6.45, 7) is 4.00. The van der Waals surface area contributed by atoms with Crippen LogP contribution in [0.15, 0.2) is 24.3 Å². The SMILES string of the molecule is Cc1ccc(OCCN(C)C2COCC2C(=O)O)cc1. The van der Waals surface area contributed by atoms with Crippen molar-refractivity contribution in [3.8, 4) is 5.75 Å². The largest absolute Gasteiger partial charge is 0.492 e. The number of aliphatic carboxylic acids is 1. The van der Waals surface area contributed by atoms with E-state index in [4.69, 9.17) is 14.6 Å². The minimum atomic E-state index is -0.793. The van der Waals surface area contributed by atoms with Gasteiger partial charge in [-0.15, -0.1) is 0 Å². The molecular weight excluding hydrogens is 258 g/mol. The summed E-state index contributed by atoms with van der Waals surface area (Å²) in [4.78, 5) is 13.1. The van der Waals surface area contributed by atoms with Crippen LogP contribution in [-0.4, -0.2) is 55.4 Å². The Labute approximate surface area is 119 Å². The molecule has 2 rings (SSSR count). The molecule has 0 radical (unpaired) electrons. The summed E-state index contributed by atoms with van der Waals surface area (Å²) < 4.78 is 10.9. The van der Waals surface area contributed by atoms with Gasteiger partial charge in [-0.3, -0.25) is 9.69 Å². The van der Waals surface area contributed by atoms with Crippen LogP contribution in [0.2, 0.25) is 0 Å². The first kappa shape index (κ1) is 14.8. The molecule has 0 saturated carbocycles. The molecule has 1 aromatic carbocycles. The molecule has 1 aliphatic heterocycles. The quantitative estimate of drug-likeness (QED) is 0.853. The maximum atomic E-state index is 11.1. The summed E-state index contributed by atoms with van der Waals surface area (Å²) in [7, 11) is 1.91. The Hall–Kier alpha value is -1.59. The fourth-order valence-corrected chi connectivity index (χ4v) is 2.32. The third-order valence-corrected chi connectivity index (χ3v) is 3.67. The molecule has 2 unspecified atom stereocenters. The number of carboxylic acids is 1. The van der Waals surface area contributed by atoms with Crippen molar-refractivity contribution in [2.45, 2.75) is 13.0 Å². The van der Waals surface area contributed by atoms with Crippen LogP contribution < -0.4 is 4.74 Å². The predicted octanol–water partition coefficient (Wildman–Crippen LogP) is 1.41. The standard InChI is InChI=1S/C15H21NO4/c1-11-3-5-12(6-4-11)20-8-7-16(2)14-10-19-9-13(14)15(17)18/h3-6,13-14H,7-10H2,1-2H3,(H,17,18). The highest BCUT2D eigenvalue weighted by Crippen LogP contribution is 2.19. The van der Waals surface area contributed by atoms with E-state index in [9.17, 15) is 4.79 Å². The molecule has 1 N–H and O–H groups in total. The molecule has 0 spiro atoms. The average Bonchev–Trinajstić information content (AvgIpc) is 2.90. The van der Waals surface area contributed by atoms with Crippen LogP contribution in [-0.2, 0) is 9.53 Å². The molecule has 1 aliphatic rings. The first-order chi connectivity index (χ1) is 9.58. The maximum Gasteiger partial charge on any atom is 0.310 e. The maximum absolute atomic E-state index is 11.1. The van der Waals surface area contributed by atoms with Gasteiger partial charge in [-0.05, 0) is 26.1 Å². The Kier molecular flexibility index (Phi) is 4.98. The van der Waals surface area contributed by atoms with Crippen molar-refractivity contribution in [2.24, 2.45) is 5.92 Å². The number of benzene rings is 1. The first-order valence-electron chi connectivity index (χ1n) is 6.78. The van der Waals surface area contributed by atoms with E-state index in [0.717, 1.165) is 5.75 Å². The lowest BCUT2D eigenvalue weighted by atomic mass is 10.0. The monoisotopic (exact) mass is 279 g/mol. The molecule has 0 aliphatic carbocycles. The Morgan fingerprint density at radius 1 is 1.40 bits per heavy atom. The van der Waals surface area contributed by atoms with Gasteiger partial charge in [0.15, 0.2) is 0 Å². The van der Waals surface area contributed by atoms with Crippen LogP contribution >= 0.6 is 0 Å². The van der Waals surface area contributed by atoms with Gasteiger partial charge in [-0.1, -0.05) is 17.7 Å². The van der Waals surface area contributed by atoms with E-state index in [1.165, 1.54) is 5.56 Å². The summed E-state index contributed by atoms with van der Waals surface area (Å²) in [5.74, 6) is -0.403. The van der Waals surface area contributed by atoms with Crippen LogP contribution in [0.5, 0.6) is 5.75 Å². The van der Waals surface area contributed by atoms with E-state index >= 15 is 0 Å². The van der Waals surface area contributed by atoms with Crippen molar-refractivity contribution in [3.05, 3.63) is 29.8 Å². The summed E-state index contributed by atoms with van der Waals surface area (Å²) >= 11 is 0. The number of likely N-dealkylation sites (N-methyl/N-ethyl adjacent to an activating group) is 1. The Morgan fingerprint density at radius 3 is 2.75 bits per heavy atom. The molecule has 1 saturated heterocycles. The molecule has 1 aromatic rings. The average molecular weight is 279 g/mol. The van der Waals surface area contributed by atoms with Crippen molar-refractivity contribution in [1.29, 1.82) is 0 Å². The second-order valence-corrected chi connectivity index (χ2v) is 5.19. The number of rotatable bonds is 6. The van der Waals surface area contributed by atoms with Crippen LogP contribution in [0.4, 0.5) is 0 Å². The molecule has 110 valence electrons. The van der Waals surface area contributed by atoms with Gasteiger partial charge in [0.1, 0.15) is 12.4 Å². The van der Waals surface area contributed by atoms with E-state index in [1.54, 1.807) is 0 Å². The number of nitrogens with zero attached hydrogens (tertiary/aromatic N) is 1. The van der Waals surface area contributed by atoms with Crippen LogP contribution in [0.25, 0.3) is 0 Å². The van der Waals surface area contributed by atoms with E-state index in [0.29, 0.717) is 26.4 Å². The molecule has 1 fully saturated rings. The van der Waals surface area contributed by atoms with Crippen molar-refractivity contribution >= 4 is 5.97 Å². The Bertz CT molecular complexity index is 446. The molecule has 0 aromatic heterocycles. The van der Waals surface area contributed by atoms with Crippen molar-refractivity contribution in [1.82, 2.24) is 4.90 Å². The summed E-state index contributed by atoms with van der Waals surface area (Å²) in [6, 6.07) is 7.81. The van der Waals surface area contributed by atoms with Gasteiger partial charge in [-0.25, -0.2) is 0 Å². The van der Waals surface area contributed by atoms with Crippen molar-refractivity contribution in [2.75, 3.05) is 33.4 Å². The first-order valence-corrected chi connectivity index (χ1v) is 6.78.